The highest BCUT2D eigenvalue weighted by Crippen LogP contribution is 2.32. The smallest absolute Gasteiger partial charge is 0.342 e. The third kappa shape index (κ3) is 2.86. The van der Waals surface area contributed by atoms with Gasteiger partial charge in [-0.05, 0) is 5.56 Å². The molecule has 0 aliphatic carbocycles. The molecule has 0 atom stereocenters. The molecule has 0 aliphatic heterocycles. The Balaban J connectivity index is 2.93. The van der Waals surface area contributed by atoms with Crippen molar-refractivity contribution in [2.75, 3.05) is 0 Å². The molecule has 0 saturated carbocycles. The van der Waals surface area contributed by atoms with Gasteiger partial charge in [0, 0.05) is 31.5 Å². The molecule has 23 heavy (non-hydrogen) atoms. The van der Waals surface area contributed by atoms with Crippen molar-refractivity contribution >= 4 is 17.6 Å². The molecule has 8 heteroatoms. The maximum absolute atomic E-state index is 11.6. The Labute approximate surface area is 130 Å². The van der Waals surface area contributed by atoms with Crippen LogP contribution in [0.1, 0.15) is 32.1 Å². The fourth-order valence-corrected chi connectivity index (χ4v) is 2.50. The molecule has 0 spiro atoms. The minimum absolute atomic E-state index is 0.0533. The molecule has 0 aliphatic rings. The maximum atomic E-state index is 11.6. The van der Waals surface area contributed by atoms with Gasteiger partial charge in [0.25, 0.3) is 5.69 Å². The number of nitrogens with one attached hydrogen (secondary N) is 1. The first-order chi connectivity index (χ1) is 10.7. The number of carboxylic acids is 2. The monoisotopic (exact) mass is 317 g/mol. The Bertz CT molecular complexity index is 806. The largest absolute Gasteiger partial charge is 0.477 e. The van der Waals surface area contributed by atoms with Crippen molar-refractivity contribution in [2.24, 2.45) is 0 Å². The number of nitro groups is 1. The SMILES string of the molecule is Cc1[nH+]c(C)c(C(=O)O)c(-c2cccc([N+](=O)[O-])c2)c1C(=O)O. The van der Waals surface area contributed by atoms with Crippen molar-refractivity contribution in [2.45, 2.75) is 13.8 Å². The first kappa shape index (κ1) is 16.1. The van der Waals surface area contributed by atoms with Crippen LogP contribution in [0, 0.1) is 24.0 Å². The second-order valence-corrected chi connectivity index (χ2v) is 4.92. The van der Waals surface area contributed by atoms with Gasteiger partial charge in [-0.2, -0.15) is 0 Å². The highest BCUT2D eigenvalue weighted by Gasteiger charge is 2.30. The Hall–Kier alpha value is -3.29. The average Bonchev–Trinajstić information content (AvgIpc) is 2.45. The number of non-ortho nitro benzene ring substituents is 1. The Kier molecular flexibility index (Phi) is 4.08. The van der Waals surface area contributed by atoms with Crippen molar-refractivity contribution in [3.63, 3.8) is 0 Å². The van der Waals surface area contributed by atoms with Gasteiger partial charge in [0.15, 0.2) is 11.4 Å². The number of hydrogen-bond donors (Lipinski definition) is 2. The van der Waals surface area contributed by atoms with Crippen molar-refractivity contribution < 1.29 is 29.7 Å². The summed E-state index contributed by atoms with van der Waals surface area (Å²) < 4.78 is 0. The van der Waals surface area contributed by atoms with Crippen LogP contribution in [0.5, 0.6) is 0 Å². The lowest BCUT2D eigenvalue weighted by molar-refractivity contribution is -0.397. The van der Waals surface area contributed by atoms with E-state index in [1.54, 1.807) is 0 Å². The molecule has 2 rings (SSSR count). The molecule has 1 aromatic heterocycles. The quantitative estimate of drug-likeness (QED) is 0.655. The van der Waals surface area contributed by atoms with Crippen LogP contribution in [-0.2, 0) is 0 Å². The number of benzene rings is 1. The maximum Gasteiger partial charge on any atom is 0.342 e. The van der Waals surface area contributed by atoms with Gasteiger partial charge in [0.1, 0.15) is 11.1 Å². The van der Waals surface area contributed by atoms with Crippen LogP contribution in [0.2, 0.25) is 0 Å². The van der Waals surface area contributed by atoms with Crippen LogP contribution in [0.3, 0.4) is 0 Å². The molecule has 1 heterocycles. The minimum Gasteiger partial charge on any atom is -0.477 e. The molecule has 8 nitrogen and oxygen atoms in total. The Morgan fingerprint density at radius 3 is 2.04 bits per heavy atom. The number of pyridine rings is 1. The number of nitro benzene ring substituents is 1. The van der Waals surface area contributed by atoms with Gasteiger partial charge in [-0.25, -0.2) is 14.6 Å². The molecule has 0 saturated heterocycles. The molecule has 0 unspecified atom stereocenters. The summed E-state index contributed by atoms with van der Waals surface area (Å²) >= 11 is 0. The van der Waals surface area contributed by atoms with Crippen LogP contribution in [0.4, 0.5) is 5.69 Å². The van der Waals surface area contributed by atoms with Gasteiger partial charge in [-0.15, -0.1) is 0 Å². The number of carboxylic acid groups (broad SMARTS) is 2. The summed E-state index contributed by atoms with van der Waals surface area (Å²) in [4.78, 5) is 36.2. The second-order valence-electron chi connectivity index (χ2n) is 4.92. The Morgan fingerprint density at radius 1 is 1.09 bits per heavy atom. The number of rotatable bonds is 4. The molecule has 0 bridgehead atoms. The Morgan fingerprint density at radius 2 is 1.61 bits per heavy atom. The molecule has 118 valence electrons. The molecule has 1 aromatic carbocycles. The molecule has 3 N–H and O–H groups in total. The molecule has 2 aromatic rings. The minimum atomic E-state index is -1.32. The van der Waals surface area contributed by atoms with Gasteiger partial charge in [-0.1, -0.05) is 12.1 Å². The van der Waals surface area contributed by atoms with E-state index in [1.807, 2.05) is 0 Å². The summed E-state index contributed by atoms with van der Waals surface area (Å²) in [6, 6.07) is 5.23. The molecule has 0 fully saturated rings. The van der Waals surface area contributed by atoms with E-state index in [2.05, 4.69) is 4.98 Å². The number of aromatic amines is 1. The van der Waals surface area contributed by atoms with Crippen LogP contribution in [0.25, 0.3) is 11.1 Å². The lowest BCUT2D eigenvalue weighted by Crippen LogP contribution is -2.24. The summed E-state index contributed by atoms with van der Waals surface area (Å²) in [5, 5.41) is 29.8. The van der Waals surface area contributed by atoms with Crippen molar-refractivity contribution in [1.29, 1.82) is 0 Å². The van der Waals surface area contributed by atoms with Crippen molar-refractivity contribution in [3.05, 3.63) is 56.9 Å². The highest BCUT2D eigenvalue weighted by atomic mass is 16.6. The number of nitrogens with zero attached hydrogens (tertiary/aromatic N) is 1. The van der Waals surface area contributed by atoms with E-state index in [9.17, 15) is 29.9 Å². The van der Waals surface area contributed by atoms with Gasteiger partial charge in [0.05, 0.1) is 4.92 Å². The van der Waals surface area contributed by atoms with Crippen LogP contribution >= 0.6 is 0 Å². The normalized spacial score (nSPS) is 10.3. The number of hydrogen-bond acceptors (Lipinski definition) is 4. The zero-order chi connectivity index (χ0) is 17.3. The zero-order valence-corrected chi connectivity index (χ0v) is 12.3. The lowest BCUT2D eigenvalue weighted by atomic mass is 9.92. The molecule has 0 radical (unpaired) electrons. The van der Waals surface area contributed by atoms with Gasteiger partial charge >= 0.3 is 11.9 Å². The summed E-state index contributed by atoms with van der Waals surface area (Å²) in [6.07, 6.45) is 0. The summed E-state index contributed by atoms with van der Waals surface area (Å²) in [6.45, 7) is 3.01. The summed E-state index contributed by atoms with van der Waals surface area (Å²) in [5.74, 6) is -2.63. The van der Waals surface area contributed by atoms with Crippen LogP contribution in [0.15, 0.2) is 24.3 Å². The first-order valence-electron chi connectivity index (χ1n) is 6.52. The third-order valence-corrected chi connectivity index (χ3v) is 3.40. The summed E-state index contributed by atoms with van der Waals surface area (Å²) in [5.41, 5.74) is -0.0695. The van der Waals surface area contributed by atoms with E-state index in [0.29, 0.717) is 0 Å². The van der Waals surface area contributed by atoms with Crippen LogP contribution in [-0.4, -0.2) is 27.1 Å². The molecule has 0 amide bonds. The lowest BCUT2D eigenvalue weighted by Gasteiger charge is -2.11. The molecular weight excluding hydrogens is 304 g/mol. The predicted octanol–water partition coefficient (Wildman–Crippen LogP) is 2.09. The first-order valence-corrected chi connectivity index (χ1v) is 6.52. The zero-order valence-electron chi connectivity index (χ0n) is 12.3. The number of aromatic carboxylic acids is 2. The van der Waals surface area contributed by atoms with Crippen molar-refractivity contribution in [1.82, 2.24) is 0 Å². The average molecular weight is 317 g/mol. The van der Waals surface area contributed by atoms with Crippen LogP contribution < -0.4 is 4.98 Å². The number of carbonyl (C=O) groups is 2. The second kappa shape index (κ2) is 5.84. The van der Waals surface area contributed by atoms with E-state index >= 15 is 0 Å². The highest BCUT2D eigenvalue weighted by molar-refractivity contribution is 6.05. The van der Waals surface area contributed by atoms with E-state index in [0.717, 1.165) is 6.07 Å². The van der Waals surface area contributed by atoms with E-state index in [-0.39, 0.29) is 39.3 Å². The van der Waals surface area contributed by atoms with E-state index in [4.69, 9.17) is 0 Å². The van der Waals surface area contributed by atoms with Gasteiger partial charge in [-0.3, -0.25) is 10.1 Å². The number of aryl methyl sites for hydroxylation is 2. The van der Waals surface area contributed by atoms with Gasteiger partial charge in [0.2, 0.25) is 0 Å². The topological polar surface area (TPSA) is 132 Å². The van der Waals surface area contributed by atoms with E-state index in [1.165, 1.54) is 32.0 Å². The van der Waals surface area contributed by atoms with E-state index < -0.39 is 16.9 Å². The number of aromatic nitrogens is 1. The summed E-state index contributed by atoms with van der Waals surface area (Å²) in [7, 11) is 0. The number of H-pyrrole nitrogens is 1. The third-order valence-electron chi connectivity index (χ3n) is 3.40. The van der Waals surface area contributed by atoms with Gasteiger partial charge < -0.3 is 10.2 Å². The standard InChI is InChI=1S/C15H12N2O6/c1-7-11(14(18)19)13(12(15(20)21)8(2)16-7)9-4-3-5-10(6-9)17(22)23/h3-6H,1-2H3,(H,18,19)(H,20,21)/p+1. The molecular formula is C15H13N2O6+. The fraction of sp³-hybridized carbons (Fsp3) is 0.133. The fourth-order valence-electron chi connectivity index (χ4n) is 2.50. The van der Waals surface area contributed by atoms with Crippen molar-refractivity contribution in [3.8, 4) is 11.1 Å². The predicted molar refractivity (Wildman–Crippen MR) is 78.5 cm³/mol.